The van der Waals surface area contributed by atoms with E-state index in [0.717, 1.165) is 12.7 Å². The van der Waals surface area contributed by atoms with Crippen LogP contribution in [0.1, 0.15) is 11.1 Å². The lowest BCUT2D eigenvalue weighted by atomic mass is 10.00. The third-order valence-corrected chi connectivity index (χ3v) is 5.75. The van der Waals surface area contributed by atoms with Crippen molar-refractivity contribution in [3.63, 3.8) is 0 Å². The van der Waals surface area contributed by atoms with E-state index in [0.29, 0.717) is 24.5 Å². The van der Waals surface area contributed by atoms with E-state index in [2.05, 4.69) is 6.07 Å². The standard InChI is InChI=1S/C19H22N2O4S/c1-20(26(2,23)24)17-7-9-18(10-8-17)25-14-19(22)21-12-11-15-5-3-4-6-16(15)13-21/h3-10H,11-14H2,1-2H3. The molecule has 6 nitrogen and oxygen atoms in total. The summed E-state index contributed by atoms with van der Waals surface area (Å²) in [5, 5.41) is 0. The van der Waals surface area contributed by atoms with E-state index < -0.39 is 10.0 Å². The highest BCUT2D eigenvalue weighted by Crippen LogP contribution is 2.21. The molecule has 0 fully saturated rings. The van der Waals surface area contributed by atoms with Crippen LogP contribution < -0.4 is 9.04 Å². The number of anilines is 1. The fourth-order valence-corrected chi connectivity index (χ4v) is 3.39. The minimum Gasteiger partial charge on any atom is -0.484 e. The Morgan fingerprint density at radius 1 is 1.12 bits per heavy atom. The third kappa shape index (κ3) is 4.16. The van der Waals surface area contributed by atoms with Crippen LogP contribution in [0.3, 0.4) is 0 Å². The molecule has 7 heteroatoms. The van der Waals surface area contributed by atoms with E-state index in [1.54, 1.807) is 29.2 Å². The monoisotopic (exact) mass is 374 g/mol. The summed E-state index contributed by atoms with van der Waals surface area (Å²) in [5.41, 5.74) is 3.02. The first-order valence-electron chi connectivity index (χ1n) is 8.36. The Kier molecular flexibility index (Phi) is 5.18. The van der Waals surface area contributed by atoms with E-state index in [1.807, 2.05) is 18.2 Å². The van der Waals surface area contributed by atoms with Gasteiger partial charge in [0.2, 0.25) is 10.0 Å². The minimum atomic E-state index is -3.30. The zero-order valence-corrected chi connectivity index (χ0v) is 15.7. The first-order chi connectivity index (χ1) is 12.3. The van der Waals surface area contributed by atoms with Gasteiger partial charge in [0.1, 0.15) is 5.75 Å². The molecule has 2 aromatic carbocycles. The van der Waals surface area contributed by atoms with Crippen LogP contribution in [0.15, 0.2) is 48.5 Å². The maximum Gasteiger partial charge on any atom is 0.260 e. The molecule has 2 aromatic rings. The van der Waals surface area contributed by atoms with Gasteiger partial charge in [-0.05, 0) is 41.8 Å². The number of carbonyl (C=O) groups excluding carboxylic acids is 1. The zero-order chi connectivity index (χ0) is 18.7. The Labute approximate surface area is 154 Å². The van der Waals surface area contributed by atoms with E-state index in [1.165, 1.54) is 22.5 Å². The summed E-state index contributed by atoms with van der Waals surface area (Å²) >= 11 is 0. The number of carbonyl (C=O) groups is 1. The summed E-state index contributed by atoms with van der Waals surface area (Å²) in [4.78, 5) is 14.2. The normalized spacial score (nSPS) is 13.8. The highest BCUT2D eigenvalue weighted by atomic mass is 32.2. The number of hydrogen-bond donors (Lipinski definition) is 0. The first-order valence-corrected chi connectivity index (χ1v) is 10.2. The maximum absolute atomic E-state index is 12.4. The summed E-state index contributed by atoms with van der Waals surface area (Å²) in [6.07, 6.45) is 2.00. The first kappa shape index (κ1) is 18.3. The summed E-state index contributed by atoms with van der Waals surface area (Å²) in [6.45, 7) is 1.26. The highest BCUT2D eigenvalue weighted by molar-refractivity contribution is 7.92. The highest BCUT2D eigenvalue weighted by Gasteiger charge is 2.20. The van der Waals surface area contributed by atoms with Crippen molar-refractivity contribution in [2.45, 2.75) is 13.0 Å². The summed E-state index contributed by atoms with van der Waals surface area (Å²) in [7, 11) is -1.81. The van der Waals surface area contributed by atoms with Gasteiger partial charge < -0.3 is 9.64 Å². The van der Waals surface area contributed by atoms with Crippen LogP contribution >= 0.6 is 0 Å². The van der Waals surface area contributed by atoms with E-state index in [9.17, 15) is 13.2 Å². The second-order valence-electron chi connectivity index (χ2n) is 6.35. The molecule has 0 bridgehead atoms. The molecule has 0 aromatic heterocycles. The second kappa shape index (κ2) is 7.37. The fourth-order valence-electron chi connectivity index (χ4n) is 2.89. The number of benzene rings is 2. The lowest BCUT2D eigenvalue weighted by molar-refractivity contribution is -0.134. The zero-order valence-electron chi connectivity index (χ0n) is 14.9. The molecule has 1 aliphatic heterocycles. The molecular formula is C19H22N2O4S. The van der Waals surface area contributed by atoms with Gasteiger partial charge in [0.15, 0.2) is 6.61 Å². The lowest BCUT2D eigenvalue weighted by Crippen LogP contribution is -2.38. The lowest BCUT2D eigenvalue weighted by Gasteiger charge is -2.28. The Bertz CT molecular complexity index is 894. The van der Waals surface area contributed by atoms with Crippen molar-refractivity contribution >= 4 is 21.6 Å². The Morgan fingerprint density at radius 3 is 2.42 bits per heavy atom. The second-order valence-corrected chi connectivity index (χ2v) is 8.36. The average molecular weight is 374 g/mol. The van der Waals surface area contributed by atoms with Crippen molar-refractivity contribution in [2.75, 3.05) is 30.8 Å². The van der Waals surface area contributed by atoms with Gasteiger partial charge >= 0.3 is 0 Å². The van der Waals surface area contributed by atoms with Gasteiger partial charge in [0, 0.05) is 20.1 Å². The summed E-state index contributed by atoms with van der Waals surface area (Å²) < 4.78 is 29.8. The molecule has 0 atom stereocenters. The molecule has 0 N–H and O–H groups in total. The van der Waals surface area contributed by atoms with Crippen LogP contribution in [0, 0.1) is 0 Å². The predicted molar refractivity (Wildman–Crippen MR) is 101 cm³/mol. The number of amides is 1. The smallest absolute Gasteiger partial charge is 0.260 e. The maximum atomic E-state index is 12.4. The van der Waals surface area contributed by atoms with E-state index in [-0.39, 0.29) is 12.5 Å². The van der Waals surface area contributed by atoms with Crippen molar-refractivity contribution in [3.05, 3.63) is 59.7 Å². The minimum absolute atomic E-state index is 0.0383. The molecule has 26 heavy (non-hydrogen) atoms. The number of fused-ring (bicyclic) bond motifs is 1. The van der Waals surface area contributed by atoms with Crippen molar-refractivity contribution < 1.29 is 17.9 Å². The van der Waals surface area contributed by atoms with Crippen LogP contribution in [0.4, 0.5) is 5.69 Å². The SMILES string of the molecule is CN(c1ccc(OCC(=O)N2CCc3ccccc3C2)cc1)S(C)(=O)=O. The molecule has 1 heterocycles. The summed E-state index contributed by atoms with van der Waals surface area (Å²) in [6, 6.07) is 14.8. The molecule has 1 amide bonds. The van der Waals surface area contributed by atoms with E-state index in [4.69, 9.17) is 4.74 Å². The largest absolute Gasteiger partial charge is 0.484 e. The fraction of sp³-hybridized carbons (Fsp3) is 0.316. The quantitative estimate of drug-likeness (QED) is 0.803. The van der Waals surface area contributed by atoms with Gasteiger partial charge in [0.25, 0.3) is 5.91 Å². The molecule has 0 radical (unpaired) electrons. The average Bonchev–Trinajstić information content (AvgIpc) is 2.64. The van der Waals surface area contributed by atoms with Crippen LogP contribution in [0.25, 0.3) is 0 Å². The van der Waals surface area contributed by atoms with Gasteiger partial charge in [-0.2, -0.15) is 0 Å². The van der Waals surface area contributed by atoms with Gasteiger partial charge in [-0.1, -0.05) is 24.3 Å². The Hall–Kier alpha value is -2.54. The van der Waals surface area contributed by atoms with Crippen molar-refractivity contribution in [1.82, 2.24) is 4.90 Å². The van der Waals surface area contributed by atoms with Crippen LogP contribution in [0.2, 0.25) is 0 Å². The molecular weight excluding hydrogens is 352 g/mol. The molecule has 0 spiro atoms. The topological polar surface area (TPSA) is 66.9 Å². The molecule has 138 valence electrons. The number of sulfonamides is 1. The summed E-state index contributed by atoms with van der Waals surface area (Å²) in [5.74, 6) is 0.471. The van der Waals surface area contributed by atoms with E-state index >= 15 is 0 Å². The number of rotatable bonds is 5. The van der Waals surface area contributed by atoms with Gasteiger partial charge in [0.05, 0.1) is 11.9 Å². The van der Waals surface area contributed by atoms with Crippen LogP contribution in [0.5, 0.6) is 5.75 Å². The number of ether oxygens (including phenoxy) is 1. The van der Waals surface area contributed by atoms with Crippen molar-refractivity contribution in [1.29, 1.82) is 0 Å². The molecule has 0 unspecified atom stereocenters. The van der Waals surface area contributed by atoms with Crippen LogP contribution in [-0.2, 0) is 27.8 Å². The predicted octanol–water partition coefficient (Wildman–Crippen LogP) is 2.05. The number of nitrogens with zero attached hydrogens (tertiary/aromatic N) is 2. The van der Waals surface area contributed by atoms with Gasteiger partial charge in [-0.15, -0.1) is 0 Å². The van der Waals surface area contributed by atoms with Crippen LogP contribution in [-0.4, -0.2) is 45.7 Å². The molecule has 0 saturated heterocycles. The van der Waals surface area contributed by atoms with Gasteiger partial charge in [-0.25, -0.2) is 8.42 Å². The third-order valence-electron chi connectivity index (χ3n) is 4.54. The van der Waals surface area contributed by atoms with Gasteiger partial charge in [-0.3, -0.25) is 9.10 Å². The Morgan fingerprint density at radius 2 is 1.77 bits per heavy atom. The van der Waals surface area contributed by atoms with Crippen molar-refractivity contribution in [2.24, 2.45) is 0 Å². The van der Waals surface area contributed by atoms with Crippen molar-refractivity contribution in [3.8, 4) is 5.75 Å². The molecule has 1 aliphatic rings. The molecule has 0 saturated carbocycles. The number of hydrogen-bond acceptors (Lipinski definition) is 4. The Balaban J connectivity index is 1.57. The molecule has 3 rings (SSSR count). The molecule has 0 aliphatic carbocycles.